The van der Waals surface area contributed by atoms with Gasteiger partial charge in [0.15, 0.2) is 5.82 Å². The molecule has 2 heterocycles. The predicted octanol–water partition coefficient (Wildman–Crippen LogP) is 1.21. The topological polar surface area (TPSA) is 70.2 Å². The maximum Gasteiger partial charge on any atom is 0.451 e. The number of aromatic amines is 2. The Morgan fingerprint density at radius 2 is 2.07 bits per heavy atom. The molecular weight excluding hydrogens is 199 g/mol. The van der Waals surface area contributed by atoms with Crippen LogP contribution in [0.2, 0.25) is 0 Å². The lowest BCUT2D eigenvalue weighted by atomic mass is 10.3. The fraction of sp³-hybridized carbons (Fsp3) is 0.167. The number of nitrogens with one attached hydrogen (secondary N) is 2. The number of alkyl halides is 3. The van der Waals surface area contributed by atoms with Crippen molar-refractivity contribution in [1.82, 2.24) is 25.4 Å². The fourth-order valence-corrected chi connectivity index (χ4v) is 0.891. The minimum Gasteiger partial charge on any atom is -0.285 e. The Hall–Kier alpha value is -1.86. The van der Waals surface area contributed by atoms with Gasteiger partial charge in [-0.05, 0) is 0 Å². The molecule has 0 saturated carbocycles. The average Bonchev–Trinajstić information content (AvgIpc) is 2.73. The Kier molecular flexibility index (Phi) is 1.76. The van der Waals surface area contributed by atoms with Crippen LogP contribution in [0, 0.1) is 0 Å². The molecule has 8 heteroatoms. The second-order valence-corrected chi connectivity index (χ2v) is 2.49. The van der Waals surface area contributed by atoms with Gasteiger partial charge in [-0.3, -0.25) is 10.2 Å². The van der Waals surface area contributed by atoms with Gasteiger partial charge in [0.05, 0.1) is 11.8 Å². The van der Waals surface area contributed by atoms with Gasteiger partial charge >= 0.3 is 6.18 Å². The van der Waals surface area contributed by atoms with Crippen molar-refractivity contribution < 1.29 is 13.2 Å². The number of nitrogens with zero attached hydrogens (tertiary/aromatic N) is 3. The number of halogens is 3. The molecule has 2 aromatic heterocycles. The summed E-state index contributed by atoms with van der Waals surface area (Å²) in [6, 6.07) is 0. The van der Waals surface area contributed by atoms with E-state index in [4.69, 9.17) is 0 Å². The van der Waals surface area contributed by atoms with E-state index in [9.17, 15) is 13.2 Å². The molecule has 74 valence electrons. The highest BCUT2D eigenvalue weighted by Gasteiger charge is 2.35. The predicted molar refractivity (Wildman–Crippen MR) is 39.0 cm³/mol. The molecule has 0 radical (unpaired) electrons. The standard InChI is InChI=1S/C6H4F3N5/c7-6(8,9)5-12-4(13-14-5)3-1-10-11-2-3/h1-2H,(H,10,11)(H,12,13,14). The van der Waals surface area contributed by atoms with Crippen LogP contribution < -0.4 is 0 Å². The van der Waals surface area contributed by atoms with E-state index in [0.717, 1.165) is 0 Å². The smallest absolute Gasteiger partial charge is 0.285 e. The first-order chi connectivity index (χ1) is 6.57. The van der Waals surface area contributed by atoms with Crippen molar-refractivity contribution in [1.29, 1.82) is 0 Å². The van der Waals surface area contributed by atoms with E-state index in [1.54, 1.807) is 5.10 Å². The zero-order valence-corrected chi connectivity index (χ0v) is 6.63. The van der Waals surface area contributed by atoms with E-state index in [1.807, 2.05) is 0 Å². The molecule has 0 amide bonds. The van der Waals surface area contributed by atoms with Crippen LogP contribution in [0.15, 0.2) is 12.4 Å². The van der Waals surface area contributed by atoms with Gasteiger partial charge in [0.25, 0.3) is 0 Å². The molecule has 0 fully saturated rings. The highest BCUT2D eigenvalue weighted by Crippen LogP contribution is 2.27. The van der Waals surface area contributed by atoms with Crippen molar-refractivity contribution in [3.05, 3.63) is 18.2 Å². The Labute approximate surface area is 75.4 Å². The quantitative estimate of drug-likeness (QED) is 0.731. The minimum absolute atomic E-state index is 0.0360. The summed E-state index contributed by atoms with van der Waals surface area (Å²) in [5.74, 6) is -1.15. The lowest BCUT2D eigenvalue weighted by molar-refractivity contribution is -0.144. The van der Waals surface area contributed by atoms with Gasteiger partial charge in [-0.1, -0.05) is 0 Å². The van der Waals surface area contributed by atoms with Crippen molar-refractivity contribution >= 4 is 0 Å². The molecule has 0 aromatic carbocycles. The van der Waals surface area contributed by atoms with Crippen molar-refractivity contribution in [2.75, 3.05) is 0 Å². The lowest BCUT2D eigenvalue weighted by Gasteiger charge is -1.97. The number of H-pyrrole nitrogens is 2. The van der Waals surface area contributed by atoms with E-state index in [-0.39, 0.29) is 5.82 Å². The normalized spacial score (nSPS) is 11.9. The van der Waals surface area contributed by atoms with Gasteiger partial charge in [-0.2, -0.15) is 23.4 Å². The van der Waals surface area contributed by atoms with E-state index >= 15 is 0 Å². The minimum atomic E-state index is -4.50. The summed E-state index contributed by atoms with van der Waals surface area (Å²) in [5, 5.41) is 11.2. The molecule has 0 aliphatic heterocycles. The molecule has 14 heavy (non-hydrogen) atoms. The van der Waals surface area contributed by atoms with Crippen LogP contribution in [0.3, 0.4) is 0 Å². The first-order valence-corrected chi connectivity index (χ1v) is 3.56. The largest absolute Gasteiger partial charge is 0.451 e. The second-order valence-electron chi connectivity index (χ2n) is 2.49. The van der Waals surface area contributed by atoms with Gasteiger partial charge < -0.3 is 0 Å². The molecular formula is C6H4F3N5. The third-order valence-corrected chi connectivity index (χ3v) is 1.51. The molecule has 0 aliphatic carbocycles. The summed E-state index contributed by atoms with van der Waals surface area (Å²) in [6.45, 7) is 0. The Morgan fingerprint density at radius 3 is 2.57 bits per heavy atom. The van der Waals surface area contributed by atoms with Crippen LogP contribution in [0.1, 0.15) is 5.82 Å². The summed E-state index contributed by atoms with van der Waals surface area (Å²) < 4.78 is 36.3. The van der Waals surface area contributed by atoms with Crippen LogP contribution >= 0.6 is 0 Å². The summed E-state index contributed by atoms with van der Waals surface area (Å²) in [5.41, 5.74) is 0.400. The maximum absolute atomic E-state index is 12.1. The van der Waals surface area contributed by atoms with Gasteiger partial charge in [-0.25, -0.2) is 4.98 Å². The summed E-state index contributed by atoms with van der Waals surface area (Å²) in [6.07, 6.45) is -1.76. The first-order valence-electron chi connectivity index (χ1n) is 3.56. The number of hydrogen-bond acceptors (Lipinski definition) is 3. The maximum atomic E-state index is 12.1. The summed E-state index contributed by atoms with van der Waals surface area (Å²) in [4.78, 5) is 3.27. The highest BCUT2D eigenvalue weighted by atomic mass is 19.4. The molecule has 2 N–H and O–H groups in total. The van der Waals surface area contributed by atoms with Crippen LogP contribution in [0.25, 0.3) is 11.4 Å². The third-order valence-electron chi connectivity index (χ3n) is 1.51. The molecule has 0 aliphatic rings. The van der Waals surface area contributed by atoms with Crippen LogP contribution in [-0.4, -0.2) is 25.4 Å². The van der Waals surface area contributed by atoms with E-state index in [2.05, 4.69) is 20.3 Å². The molecule has 0 unspecified atom stereocenters. The number of aromatic nitrogens is 5. The monoisotopic (exact) mass is 203 g/mol. The summed E-state index contributed by atoms with van der Waals surface area (Å²) in [7, 11) is 0. The van der Waals surface area contributed by atoms with Crippen molar-refractivity contribution in [2.45, 2.75) is 6.18 Å². The molecule has 0 atom stereocenters. The first kappa shape index (κ1) is 8.73. The van der Waals surface area contributed by atoms with Crippen molar-refractivity contribution in [3.63, 3.8) is 0 Å². The van der Waals surface area contributed by atoms with Gasteiger partial charge in [0.2, 0.25) is 5.82 Å². The molecule has 0 spiro atoms. The van der Waals surface area contributed by atoms with E-state index in [1.165, 1.54) is 12.4 Å². The molecule has 5 nitrogen and oxygen atoms in total. The van der Waals surface area contributed by atoms with Crippen LogP contribution in [0.4, 0.5) is 13.2 Å². The van der Waals surface area contributed by atoms with Crippen LogP contribution in [-0.2, 0) is 6.18 Å². The van der Waals surface area contributed by atoms with Gasteiger partial charge in [0, 0.05) is 6.20 Å². The fourth-order valence-electron chi connectivity index (χ4n) is 0.891. The van der Waals surface area contributed by atoms with Gasteiger partial charge in [-0.15, -0.1) is 0 Å². The third kappa shape index (κ3) is 1.45. The lowest BCUT2D eigenvalue weighted by Crippen LogP contribution is -2.07. The van der Waals surface area contributed by atoms with Crippen LogP contribution in [0.5, 0.6) is 0 Å². The molecule has 2 aromatic rings. The van der Waals surface area contributed by atoms with E-state index in [0.29, 0.717) is 5.56 Å². The molecule has 0 bridgehead atoms. The zero-order valence-electron chi connectivity index (χ0n) is 6.63. The Morgan fingerprint density at radius 1 is 1.29 bits per heavy atom. The summed E-state index contributed by atoms with van der Waals surface area (Å²) >= 11 is 0. The zero-order chi connectivity index (χ0) is 10.2. The molecule has 2 rings (SSSR count). The SMILES string of the molecule is FC(F)(F)c1nc(-c2cn[nH]c2)n[nH]1. The van der Waals surface area contributed by atoms with Gasteiger partial charge in [0.1, 0.15) is 0 Å². The molecule has 0 saturated heterocycles. The Balaban J connectivity index is 2.36. The van der Waals surface area contributed by atoms with Crippen molar-refractivity contribution in [2.24, 2.45) is 0 Å². The number of hydrogen-bond donors (Lipinski definition) is 2. The Bertz CT molecular complexity index is 415. The average molecular weight is 203 g/mol. The van der Waals surface area contributed by atoms with Crippen molar-refractivity contribution in [3.8, 4) is 11.4 Å². The number of rotatable bonds is 1. The second kappa shape index (κ2) is 2.82. The highest BCUT2D eigenvalue weighted by molar-refractivity contribution is 5.51. The van der Waals surface area contributed by atoms with E-state index < -0.39 is 12.0 Å².